The Labute approximate surface area is 181 Å². The molecule has 32 heavy (non-hydrogen) atoms. The fraction of sp³-hybridized carbons (Fsp3) is 0.300. The fourth-order valence-electron chi connectivity index (χ4n) is 3.38. The Bertz CT molecular complexity index is 1330. The van der Waals surface area contributed by atoms with E-state index in [1.165, 1.54) is 30.1 Å². The Hall–Kier alpha value is -3.28. The Morgan fingerprint density at radius 1 is 1.12 bits per heavy atom. The lowest BCUT2D eigenvalue weighted by Crippen LogP contribution is -2.24. The van der Waals surface area contributed by atoms with Crippen molar-refractivity contribution in [1.82, 2.24) is 29.7 Å². The van der Waals surface area contributed by atoms with E-state index in [-0.39, 0.29) is 11.3 Å². The largest absolute Gasteiger partial charge is 0.395 e. The van der Waals surface area contributed by atoms with Gasteiger partial charge in [-0.05, 0) is 24.1 Å². The minimum Gasteiger partial charge on any atom is -0.343 e. The van der Waals surface area contributed by atoms with Crippen LogP contribution in [0.1, 0.15) is 24.8 Å². The molecule has 12 heteroatoms. The van der Waals surface area contributed by atoms with Gasteiger partial charge in [0.15, 0.2) is 11.5 Å². The molecular formula is C20H19F3N6O2S. The number of alkyl halides is 3. The quantitative estimate of drug-likeness (QED) is 0.447. The number of fused-ring (bicyclic) bond motifs is 1. The van der Waals surface area contributed by atoms with Crippen molar-refractivity contribution in [2.75, 3.05) is 11.5 Å². The molecule has 1 atom stereocenters. The highest BCUT2D eigenvalue weighted by atomic mass is 32.2. The molecule has 4 rings (SSSR count). The summed E-state index contributed by atoms with van der Waals surface area (Å²) in [6.45, 7) is 1.41. The van der Waals surface area contributed by atoms with Crippen molar-refractivity contribution < 1.29 is 21.6 Å². The highest BCUT2D eigenvalue weighted by Gasteiger charge is 2.41. The van der Waals surface area contributed by atoms with Crippen molar-refractivity contribution in [1.29, 1.82) is 0 Å². The number of hydrogen-bond donors (Lipinski definition) is 1. The van der Waals surface area contributed by atoms with E-state index in [9.17, 15) is 21.6 Å². The second kappa shape index (κ2) is 8.34. The predicted molar refractivity (Wildman–Crippen MR) is 112 cm³/mol. The summed E-state index contributed by atoms with van der Waals surface area (Å²) in [5.41, 5.74) is 2.79. The molecule has 0 amide bonds. The number of hydrogen-bond acceptors (Lipinski definition) is 6. The molecular weight excluding hydrogens is 445 g/mol. The van der Waals surface area contributed by atoms with Gasteiger partial charge in [-0.2, -0.15) is 18.3 Å². The molecule has 4 heterocycles. The number of H-pyrrole nitrogens is 1. The summed E-state index contributed by atoms with van der Waals surface area (Å²) in [5, 5.41) is 4.25. The molecule has 1 N–H and O–H groups in total. The molecule has 8 nitrogen and oxygen atoms in total. The van der Waals surface area contributed by atoms with E-state index in [1.807, 2.05) is 0 Å². The van der Waals surface area contributed by atoms with E-state index in [2.05, 4.69) is 25.0 Å². The van der Waals surface area contributed by atoms with Crippen molar-refractivity contribution >= 4 is 21.0 Å². The van der Waals surface area contributed by atoms with Crippen LogP contribution in [0.5, 0.6) is 0 Å². The summed E-state index contributed by atoms with van der Waals surface area (Å²) in [4.78, 5) is 15.4. The zero-order valence-corrected chi connectivity index (χ0v) is 17.7. The molecule has 0 saturated carbocycles. The van der Waals surface area contributed by atoms with Crippen LogP contribution in [0.4, 0.5) is 13.2 Å². The number of pyridine rings is 2. The summed E-state index contributed by atoms with van der Waals surface area (Å²) in [7, 11) is -3.52. The molecule has 4 aromatic heterocycles. The van der Waals surface area contributed by atoms with Crippen molar-refractivity contribution in [2.24, 2.45) is 0 Å². The average Bonchev–Trinajstić information content (AvgIpc) is 3.43. The zero-order chi connectivity index (χ0) is 22.9. The minimum absolute atomic E-state index is 0.0896. The number of rotatable bonds is 7. The molecule has 168 valence electrons. The highest BCUT2D eigenvalue weighted by molar-refractivity contribution is 7.91. The van der Waals surface area contributed by atoms with Gasteiger partial charge in [0.25, 0.3) is 0 Å². The van der Waals surface area contributed by atoms with E-state index in [0.29, 0.717) is 11.5 Å². The summed E-state index contributed by atoms with van der Waals surface area (Å²) in [6.07, 6.45) is 2.46. The van der Waals surface area contributed by atoms with Gasteiger partial charge in [-0.25, -0.2) is 28.1 Å². The van der Waals surface area contributed by atoms with E-state index in [4.69, 9.17) is 0 Å². The molecule has 1 unspecified atom stereocenters. The van der Waals surface area contributed by atoms with Gasteiger partial charge in [0, 0.05) is 35.5 Å². The maximum atomic E-state index is 13.5. The standard InChI is InChI=1S/C20H19F3N6O2S/c1-2-32(30,31)8-6-16(20(21,22)23)13-3-4-17(25-9-13)29-11-14(10-28-29)15-5-7-24-19-18(15)26-12-27-19/h3-5,7,9-12,16H,2,6,8H2,1H3,(H,24,26,27). The minimum atomic E-state index is -4.58. The normalized spacial score (nSPS) is 13.5. The van der Waals surface area contributed by atoms with Gasteiger partial charge in [-0.15, -0.1) is 0 Å². The van der Waals surface area contributed by atoms with Crippen LogP contribution in [-0.4, -0.2) is 55.8 Å². The molecule has 0 aliphatic rings. The summed E-state index contributed by atoms with van der Waals surface area (Å²) in [5.74, 6) is -2.31. The van der Waals surface area contributed by atoms with E-state index in [1.54, 1.807) is 24.7 Å². The Kier molecular flexibility index (Phi) is 5.71. The monoisotopic (exact) mass is 464 g/mol. The van der Waals surface area contributed by atoms with Gasteiger partial charge in [0.2, 0.25) is 0 Å². The van der Waals surface area contributed by atoms with Crippen LogP contribution in [0.2, 0.25) is 0 Å². The van der Waals surface area contributed by atoms with Crippen molar-refractivity contribution in [3.05, 3.63) is 54.9 Å². The molecule has 0 aromatic carbocycles. The van der Waals surface area contributed by atoms with Crippen LogP contribution >= 0.6 is 0 Å². The maximum Gasteiger partial charge on any atom is 0.395 e. The summed E-state index contributed by atoms with van der Waals surface area (Å²) >= 11 is 0. The number of nitrogens with one attached hydrogen (secondary N) is 1. The predicted octanol–water partition coefficient (Wildman–Crippen LogP) is 3.68. The van der Waals surface area contributed by atoms with Gasteiger partial charge < -0.3 is 4.98 Å². The Morgan fingerprint density at radius 2 is 1.94 bits per heavy atom. The molecule has 0 aliphatic heterocycles. The topological polar surface area (TPSA) is 106 Å². The highest BCUT2D eigenvalue weighted by Crippen LogP contribution is 2.37. The number of halogens is 3. The number of sulfone groups is 1. The van der Waals surface area contributed by atoms with Gasteiger partial charge in [0.05, 0.1) is 29.7 Å². The second-order valence-electron chi connectivity index (χ2n) is 7.20. The van der Waals surface area contributed by atoms with Gasteiger partial charge in [-0.1, -0.05) is 13.0 Å². The van der Waals surface area contributed by atoms with E-state index < -0.39 is 34.1 Å². The van der Waals surface area contributed by atoms with Crippen LogP contribution in [0, 0.1) is 0 Å². The zero-order valence-electron chi connectivity index (χ0n) is 16.9. The molecule has 0 bridgehead atoms. The number of aromatic nitrogens is 6. The van der Waals surface area contributed by atoms with Crippen molar-refractivity contribution in [2.45, 2.75) is 25.4 Å². The lowest BCUT2D eigenvalue weighted by molar-refractivity contribution is -0.150. The lowest BCUT2D eigenvalue weighted by atomic mass is 9.97. The van der Waals surface area contributed by atoms with Gasteiger partial charge >= 0.3 is 6.18 Å². The summed E-state index contributed by atoms with van der Waals surface area (Å²) in [6, 6.07) is 4.54. The first-order chi connectivity index (χ1) is 15.2. The van der Waals surface area contributed by atoms with Gasteiger partial charge in [0.1, 0.15) is 9.84 Å². The third-order valence-corrected chi connectivity index (χ3v) is 6.92. The van der Waals surface area contributed by atoms with Crippen LogP contribution in [0.25, 0.3) is 28.1 Å². The van der Waals surface area contributed by atoms with Crippen LogP contribution < -0.4 is 0 Å². The van der Waals surface area contributed by atoms with Crippen LogP contribution in [0.15, 0.2) is 49.3 Å². The molecule has 0 aliphatic carbocycles. The fourth-order valence-corrected chi connectivity index (χ4v) is 4.26. The van der Waals surface area contributed by atoms with E-state index in [0.717, 1.165) is 22.8 Å². The maximum absolute atomic E-state index is 13.5. The third-order valence-electron chi connectivity index (χ3n) is 5.18. The van der Waals surface area contributed by atoms with Crippen LogP contribution in [0.3, 0.4) is 0 Å². The smallest absolute Gasteiger partial charge is 0.343 e. The summed E-state index contributed by atoms with van der Waals surface area (Å²) < 4.78 is 65.5. The Morgan fingerprint density at radius 3 is 2.62 bits per heavy atom. The molecule has 0 radical (unpaired) electrons. The van der Waals surface area contributed by atoms with Gasteiger partial charge in [-0.3, -0.25) is 0 Å². The first kappa shape index (κ1) is 21.9. The molecule has 0 saturated heterocycles. The first-order valence-electron chi connectivity index (χ1n) is 9.74. The second-order valence-corrected chi connectivity index (χ2v) is 9.67. The molecule has 0 spiro atoms. The van der Waals surface area contributed by atoms with Crippen molar-refractivity contribution in [3.63, 3.8) is 0 Å². The first-order valence-corrected chi connectivity index (χ1v) is 11.6. The number of imidazole rings is 1. The Balaban J connectivity index is 1.59. The van der Waals surface area contributed by atoms with E-state index >= 15 is 0 Å². The third kappa shape index (κ3) is 4.49. The number of nitrogens with zero attached hydrogens (tertiary/aromatic N) is 5. The molecule has 4 aromatic rings. The molecule has 0 fully saturated rings. The lowest BCUT2D eigenvalue weighted by Gasteiger charge is -2.20. The van der Waals surface area contributed by atoms with Crippen molar-refractivity contribution in [3.8, 4) is 16.9 Å². The average molecular weight is 464 g/mol. The number of aromatic amines is 1. The van der Waals surface area contributed by atoms with Crippen LogP contribution in [-0.2, 0) is 9.84 Å². The SMILES string of the molecule is CCS(=O)(=O)CCC(c1ccc(-n2cc(-c3ccnc4nc[nH]c34)cn2)nc1)C(F)(F)F.